The summed E-state index contributed by atoms with van der Waals surface area (Å²) in [7, 11) is 0. The van der Waals surface area contributed by atoms with E-state index >= 15 is 0 Å². The highest BCUT2D eigenvalue weighted by Gasteiger charge is 2.36. The first kappa shape index (κ1) is 20.3. The van der Waals surface area contributed by atoms with Crippen LogP contribution in [0, 0.1) is 6.92 Å². The van der Waals surface area contributed by atoms with Crippen LogP contribution < -0.4 is 5.32 Å². The molecule has 3 heterocycles. The number of aliphatic hydroxyl groups excluding tert-OH is 1. The highest BCUT2D eigenvalue weighted by atomic mass is 32.2. The Balaban J connectivity index is 1.74. The van der Waals surface area contributed by atoms with Crippen LogP contribution in [0.1, 0.15) is 23.4 Å². The molecule has 6 nitrogen and oxygen atoms in total. The maximum Gasteiger partial charge on any atom is 0.420 e. The largest absolute Gasteiger partial charge is 0.420 e. The van der Waals surface area contributed by atoms with Gasteiger partial charge in [0.2, 0.25) is 5.95 Å². The van der Waals surface area contributed by atoms with Crippen molar-refractivity contribution in [3.63, 3.8) is 0 Å². The Bertz CT molecular complexity index is 763. The molecule has 2 aromatic heterocycles. The number of hydrogen-bond acceptors (Lipinski definition) is 8. The molecule has 27 heavy (non-hydrogen) atoms. The van der Waals surface area contributed by atoms with E-state index in [1.54, 1.807) is 18.9 Å². The van der Waals surface area contributed by atoms with Crippen LogP contribution in [0.3, 0.4) is 0 Å². The fraction of sp³-hybridized carbons (Fsp3) is 0.562. The summed E-state index contributed by atoms with van der Waals surface area (Å²) in [6.07, 6.45) is -0.610. The lowest BCUT2D eigenvalue weighted by atomic mass is 10.1. The second-order valence-electron chi connectivity index (χ2n) is 6.10. The van der Waals surface area contributed by atoms with E-state index in [0.29, 0.717) is 15.6 Å². The van der Waals surface area contributed by atoms with Crippen molar-refractivity contribution in [2.45, 2.75) is 32.0 Å². The first-order valence-corrected chi connectivity index (χ1v) is 10.2. The highest BCUT2D eigenvalue weighted by Crippen LogP contribution is 2.38. The molecule has 1 aliphatic heterocycles. The zero-order valence-electron chi connectivity index (χ0n) is 14.7. The molecule has 1 aliphatic rings. The summed E-state index contributed by atoms with van der Waals surface area (Å²) in [5.41, 5.74) is -0.992. The molecule has 0 saturated carbocycles. The van der Waals surface area contributed by atoms with Crippen molar-refractivity contribution in [2.24, 2.45) is 0 Å². The van der Waals surface area contributed by atoms with Gasteiger partial charge in [-0.3, -0.25) is 4.31 Å². The molecule has 0 aromatic carbocycles. The van der Waals surface area contributed by atoms with Crippen molar-refractivity contribution in [1.29, 1.82) is 0 Å². The molecular weight excluding hydrogens is 399 g/mol. The Hall–Kier alpha value is -1.43. The Morgan fingerprint density at radius 2 is 2.04 bits per heavy atom. The van der Waals surface area contributed by atoms with Gasteiger partial charge in [-0.25, -0.2) is 15.0 Å². The van der Waals surface area contributed by atoms with Gasteiger partial charge in [-0.2, -0.15) is 13.2 Å². The van der Waals surface area contributed by atoms with Crippen LogP contribution in [0.25, 0.3) is 10.6 Å². The number of piperidine rings is 1. The molecule has 0 amide bonds. The van der Waals surface area contributed by atoms with E-state index in [9.17, 15) is 13.2 Å². The van der Waals surface area contributed by atoms with Crippen molar-refractivity contribution in [1.82, 2.24) is 19.3 Å². The van der Waals surface area contributed by atoms with Crippen LogP contribution in [-0.2, 0) is 6.18 Å². The average Bonchev–Trinajstić information content (AvgIpc) is 3.06. The molecule has 0 unspecified atom stereocenters. The summed E-state index contributed by atoms with van der Waals surface area (Å²) in [6, 6.07) is 0.101. The first-order valence-electron chi connectivity index (χ1n) is 8.49. The van der Waals surface area contributed by atoms with Gasteiger partial charge in [0.15, 0.2) is 0 Å². The van der Waals surface area contributed by atoms with Crippen molar-refractivity contribution in [3.8, 4) is 10.6 Å². The summed E-state index contributed by atoms with van der Waals surface area (Å²) in [4.78, 5) is 12.5. The smallest absolute Gasteiger partial charge is 0.395 e. The quantitative estimate of drug-likeness (QED) is 0.695. The standard InChI is InChI=1S/C16H20F3N5OS2/c1-10-20-9-13(27-10)14-12(16(17,18)19)8-21-15(23-14)22-11-2-4-24(5-3-11)26-7-6-25/h8-9,11,25H,2-7H2,1H3,(H,21,22,23). The van der Waals surface area contributed by atoms with Crippen LogP contribution in [0.5, 0.6) is 0 Å². The maximum absolute atomic E-state index is 13.3. The first-order chi connectivity index (χ1) is 12.9. The number of thiazole rings is 1. The predicted molar refractivity (Wildman–Crippen MR) is 101 cm³/mol. The van der Waals surface area contributed by atoms with Crippen LogP contribution in [0.4, 0.5) is 19.1 Å². The number of rotatable bonds is 6. The van der Waals surface area contributed by atoms with Crippen molar-refractivity contribution in [2.75, 3.05) is 30.8 Å². The second-order valence-corrected chi connectivity index (χ2v) is 8.52. The molecule has 0 aliphatic carbocycles. The Morgan fingerprint density at radius 1 is 1.30 bits per heavy atom. The van der Waals surface area contributed by atoms with Gasteiger partial charge in [0.05, 0.1) is 22.2 Å². The van der Waals surface area contributed by atoms with Crippen LogP contribution in [-0.4, -0.2) is 55.9 Å². The summed E-state index contributed by atoms with van der Waals surface area (Å²) in [5, 5.41) is 12.7. The fourth-order valence-electron chi connectivity index (χ4n) is 2.80. The zero-order chi connectivity index (χ0) is 19.4. The Kier molecular flexibility index (Phi) is 6.56. The van der Waals surface area contributed by atoms with E-state index in [0.717, 1.165) is 32.1 Å². The van der Waals surface area contributed by atoms with E-state index in [-0.39, 0.29) is 24.3 Å². The lowest BCUT2D eigenvalue weighted by molar-refractivity contribution is -0.137. The van der Waals surface area contributed by atoms with Gasteiger partial charge in [-0.15, -0.1) is 11.3 Å². The van der Waals surface area contributed by atoms with Gasteiger partial charge < -0.3 is 10.4 Å². The predicted octanol–water partition coefficient (Wildman–Crippen LogP) is 3.44. The lowest BCUT2D eigenvalue weighted by Crippen LogP contribution is -2.36. The van der Waals surface area contributed by atoms with Gasteiger partial charge in [0, 0.05) is 37.3 Å². The molecule has 3 rings (SSSR count). The van der Waals surface area contributed by atoms with E-state index < -0.39 is 11.7 Å². The van der Waals surface area contributed by atoms with Crippen LogP contribution >= 0.6 is 23.3 Å². The molecule has 0 radical (unpaired) electrons. The van der Waals surface area contributed by atoms with Crippen molar-refractivity contribution < 1.29 is 18.3 Å². The zero-order valence-corrected chi connectivity index (χ0v) is 16.3. The molecule has 0 atom stereocenters. The molecule has 148 valence electrons. The van der Waals surface area contributed by atoms with E-state index in [2.05, 4.69) is 24.6 Å². The van der Waals surface area contributed by atoms with Crippen molar-refractivity contribution in [3.05, 3.63) is 23.0 Å². The highest BCUT2D eigenvalue weighted by molar-refractivity contribution is 7.97. The topological polar surface area (TPSA) is 74.2 Å². The Labute approximate surface area is 163 Å². The van der Waals surface area contributed by atoms with Gasteiger partial charge in [-0.1, -0.05) is 11.9 Å². The number of nitrogens with zero attached hydrogens (tertiary/aromatic N) is 4. The molecule has 11 heteroatoms. The number of anilines is 1. The third-order valence-electron chi connectivity index (χ3n) is 4.10. The van der Waals surface area contributed by atoms with Gasteiger partial charge in [-0.05, 0) is 19.8 Å². The normalized spacial score (nSPS) is 16.6. The van der Waals surface area contributed by atoms with Crippen LogP contribution in [0.15, 0.2) is 12.4 Å². The molecular formula is C16H20F3N5OS2. The number of hydrogen-bond donors (Lipinski definition) is 2. The molecule has 0 bridgehead atoms. The van der Waals surface area contributed by atoms with Gasteiger partial charge >= 0.3 is 6.18 Å². The SMILES string of the molecule is Cc1ncc(-c2nc(NC3CCN(SCCO)CC3)ncc2C(F)(F)F)s1. The summed E-state index contributed by atoms with van der Waals surface area (Å²) in [6.45, 7) is 3.56. The molecule has 2 aromatic rings. The Morgan fingerprint density at radius 3 is 2.63 bits per heavy atom. The molecule has 1 fully saturated rings. The maximum atomic E-state index is 13.3. The number of aliphatic hydroxyl groups is 1. The molecule has 2 N–H and O–H groups in total. The van der Waals surface area contributed by atoms with Gasteiger partial charge in [0.25, 0.3) is 0 Å². The minimum Gasteiger partial charge on any atom is -0.395 e. The minimum atomic E-state index is -4.53. The average molecular weight is 419 g/mol. The fourth-order valence-corrected chi connectivity index (χ4v) is 4.39. The minimum absolute atomic E-state index is 0.101. The number of aryl methyl sites for hydroxylation is 1. The third kappa shape index (κ3) is 5.31. The van der Waals surface area contributed by atoms with E-state index in [4.69, 9.17) is 5.11 Å². The number of alkyl halides is 3. The van der Waals surface area contributed by atoms with Crippen molar-refractivity contribution >= 4 is 29.2 Å². The lowest BCUT2D eigenvalue weighted by Gasteiger charge is -2.31. The van der Waals surface area contributed by atoms with Crippen LogP contribution in [0.2, 0.25) is 0 Å². The molecule has 1 saturated heterocycles. The third-order valence-corrected chi connectivity index (χ3v) is 6.12. The summed E-state index contributed by atoms with van der Waals surface area (Å²) in [5.74, 6) is 0.864. The number of halogens is 3. The van der Waals surface area contributed by atoms with Gasteiger partial charge in [0.1, 0.15) is 5.56 Å². The number of nitrogens with one attached hydrogen (secondary N) is 1. The monoisotopic (exact) mass is 419 g/mol. The molecule has 0 spiro atoms. The summed E-state index contributed by atoms with van der Waals surface area (Å²) >= 11 is 2.78. The van der Waals surface area contributed by atoms with E-state index in [1.165, 1.54) is 17.5 Å². The van der Waals surface area contributed by atoms with E-state index in [1.807, 2.05) is 0 Å². The second kappa shape index (κ2) is 8.72. The summed E-state index contributed by atoms with van der Waals surface area (Å²) < 4.78 is 42.2. The number of aromatic nitrogens is 3.